The molecule has 0 spiro atoms. The fourth-order valence-corrected chi connectivity index (χ4v) is 3.26. The number of nitrogens with zero attached hydrogens (tertiary/aromatic N) is 1. The third-order valence-electron chi connectivity index (χ3n) is 4.49. The maximum Gasteiger partial charge on any atom is 0.229 e. The summed E-state index contributed by atoms with van der Waals surface area (Å²) >= 11 is 0. The van der Waals surface area contributed by atoms with Crippen LogP contribution in [0.2, 0.25) is 0 Å². The van der Waals surface area contributed by atoms with Crippen molar-refractivity contribution >= 4 is 34.9 Å². The lowest BCUT2D eigenvalue weighted by Crippen LogP contribution is -2.28. The fraction of sp³-hybridized carbons (Fsp3) is 0.222. The molecule has 2 atom stereocenters. The summed E-state index contributed by atoms with van der Waals surface area (Å²) in [6.45, 7) is 1.54. The summed E-state index contributed by atoms with van der Waals surface area (Å²) in [5.74, 6) is 0.220. The molecule has 6 heteroatoms. The zero-order chi connectivity index (χ0) is 15.6. The summed E-state index contributed by atoms with van der Waals surface area (Å²) in [6.07, 6.45) is 1.76. The van der Waals surface area contributed by atoms with Gasteiger partial charge in [-0.05, 0) is 23.8 Å². The Morgan fingerprint density at radius 2 is 1.96 bits per heavy atom. The molecule has 1 saturated heterocycles. The van der Waals surface area contributed by atoms with Gasteiger partial charge in [0.25, 0.3) is 0 Å². The number of benzene rings is 2. The summed E-state index contributed by atoms with van der Waals surface area (Å²) in [5, 5.41) is 14.3. The zero-order valence-electron chi connectivity index (χ0n) is 13.0. The smallest absolute Gasteiger partial charge is 0.229 e. The predicted octanol–water partition coefficient (Wildman–Crippen LogP) is 2.93. The molecule has 5 nitrogen and oxygen atoms in total. The second kappa shape index (κ2) is 7.03. The second-order valence-electron chi connectivity index (χ2n) is 5.94. The van der Waals surface area contributed by atoms with Crippen molar-refractivity contribution in [2.45, 2.75) is 5.92 Å². The minimum atomic E-state index is -0.0579. The molecule has 1 aromatic heterocycles. The van der Waals surface area contributed by atoms with Gasteiger partial charge in [0.1, 0.15) is 0 Å². The van der Waals surface area contributed by atoms with Crippen molar-refractivity contribution in [1.82, 2.24) is 15.5 Å². The van der Waals surface area contributed by atoms with Crippen LogP contribution in [0.15, 0.2) is 54.7 Å². The minimum Gasteiger partial charge on any atom is -0.326 e. The van der Waals surface area contributed by atoms with Crippen LogP contribution in [0.3, 0.4) is 0 Å². The lowest BCUT2D eigenvalue weighted by Gasteiger charge is -2.18. The molecule has 4 rings (SSSR count). The topological polar surface area (TPSA) is 69.8 Å². The Balaban J connectivity index is 0.00000169. The van der Waals surface area contributed by atoms with Crippen molar-refractivity contribution in [2.24, 2.45) is 5.92 Å². The molecule has 1 aliphatic heterocycles. The summed E-state index contributed by atoms with van der Waals surface area (Å²) in [6, 6.07) is 16.0. The number of hydrogen-bond donors (Lipinski definition) is 3. The van der Waals surface area contributed by atoms with Crippen molar-refractivity contribution in [2.75, 3.05) is 18.4 Å². The van der Waals surface area contributed by atoms with E-state index in [2.05, 4.69) is 33.0 Å². The number of hydrogen-bond acceptors (Lipinski definition) is 3. The van der Waals surface area contributed by atoms with Gasteiger partial charge in [0.15, 0.2) is 0 Å². The van der Waals surface area contributed by atoms with Gasteiger partial charge in [0, 0.05) is 30.1 Å². The quantitative estimate of drug-likeness (QED) is 0.685. The van der Waals surface area contributed by atoms with Crippen LogP contribution in [-0.4, -0.2) is 29.2 Å². The Kier molecular flexibility index (Phi) is 4.83. The molecule has 2 aromatic carbocycles. The Labute approximate surface area is 146 Å². The Hall–Kier alpha value is -2.37. The number of carbonyl (C=O) groups is 1. The molecule has 0 aliphatic carbocycles. The van der Waals surface area contributed by atoms with Gasteiger partial charge in [-0.15, -0.1) is 12.4 Å². The number of H-pyrrole nitrogens is 1. The van der Waals surface area contributed by atoms with Crippen molar-refractivity contribution in [3.8, 4) is 0 Å². The van der Waals surface area contributed by atoms with E-state index in [4.69, 9.17) is 0 Å². The van der Waals surface area contributed by atoms with E-state index >= 15 is 0 Å². The molecule has 1 amide bonds. The average molecular weight is 343 g/mol. The second-order valence-corrected chi connectivity index (χ2v) is 5.94. The predicted molar refractivity (Wildman–Crippen MR) is 97.5 cm³/mol. The van der Waals surface area contributed by atoms with Gasteiger partial charge < -0.3 is 10.6 Å². The SMILES string of the molecule is Cl.O=C(Nc1ccc2[nH]ncc2c1)C1CNCC1c1ccccc1. The molecule has 2 unspecified atom stereocenters. The Morgan fingerprint density at radius 3 is 2.79 bits per heavy atom. The van der Waals surface area contributed by atoms with Gasteiger partial charge in [-0.3, -0.25) is 9.89 Å². The Bertz CT molecular complexity index is 833. The first-order chi connectivity index (χ1) is 11.3. The first-order valence-corrected chi connectivity index (χ1v) is 7.81. The number of halogens is 1. The summed E-state index contributed by atoms with van der Waals surface area (Å²) < 4.78 is 0. The highest BCUT2D eigenvalue weighted by Gasteiger charge is 2.33. The number of aromatic amines is 1. The van der Waals surface area contributed by atoms with Gasteiger partial charge >= 0.3 is 0 Å². The van der Waals surface area contributed by atoms with Gasteiger partial charge in [0.05, 0.1) is 17.6 Å². The van der Waals surface area contributed by atoms with E-state index in [1.165, 1.54) is 5.56 Å². The van der Waals surface area contributed by atoms with Crippen molar-refractivity contribution in [1.29, 1.82) is 0 Å². The number of aromatic nitrogens is 2. The third-order valence-corrected chi connectivity index (χ3v) is 4.49. The Morgan fingerprint density at radius 1 is 1.12 bits per heavy atom. The van der Waals surface area contributed by atoms with Crippen LogP contribution in [0.25, 0.3) is 10.9 Å². The van der Waals surface area contributed by atoms with Crippen LogP contribution < -0.4 is 10.6 Å². The van der Waals surface area contributed by atoms with Crippen LogP contribution >= 0.6 is 12.4 Å². The molecule has 24 heavy (non-hydrogen) atoms. The summed E-state index contributed by atoms with van der Waals surface area (Å²) in [7, 11) is 0. The van der Waals surface area contributed by atoms with E-state index < -0.39 is 0 Å². The maximum atomic E-state index is 12.7. The normalized spacial score (nSPS) is 19.8. The largest absolute Gasteiger partial charge is 0.326 e. The number of carbonyl (C=O) groups excluding carboxylic acids is 1. The number of anilines is 1. The van der Waals surface area contributed by atoms with Crippen molar-refractivity contribution in [3.05, 3.63) is 60.3 Å². The van der Waals surface area contributed by atoms with E-state index in [9.17, 15) is 4.79 Å². The molecular formula is C18H19ClN4O. The third kappa shape index (κ3) is 3.13. The zero-order valence-corrected chi connectivity index (χ0v) is 13.8. The molecule has 2 heterocycles. The maximum absolute atomic E-state index is 12.7. The van der Waals surface area contributed by atoms with Crippen LogP contribution in [-0.2, 0) is 4.79 Å². The van der Waals surface area contributed by atoms with E-state index in [0.717, 1.165) is 23.1 Å². The van der Waals surface area contributed by atoms with Gasteiger partial charge in [-0.2, -0.15) is 5.10 Å². The van der Waals surface area contributed by atoms with Crippen LogP contribution in [0.1, 0.15) is 11.5 Å². The van der Waals surface area contributed by atoms with Gasteiger partial charge in [-0.25, -0.2) is 0 Å². The average Bonchev–Trinajstić information content (AvgIpc) is 3.24. The van der Waals surface area contributed by atoms with Crippen LogP contribution in [0.5, 0.6) is 0 Å². The van der Waals surface area contributed by atoms with E-state index in [1.54, 1.807) is 6.20 Å². The molecule has 3 aromatic rings. The summed E-state index contributed by atoms with van der Waals surface area (Å²) in [5.41, 5.74) is 2.98. The minimum absolute atomic E-state index is 0. The molecular weight excluding hydrogens is 324 g/mol. The van der Waals surface area contributed by atoms with Crippen LogP contribution in [0, 0.1) is 5.92 Å². The molecule has 0 radical (unpaired) electrons. The molecule has 0 bridgehead atoms. The van der Waals surface area contributed by atoms with Crippen molar-refractivity contribution in [3.63, 3.8) is 0 Å². The molecule has 1 aliphatic rings. The highest BCUT2D eigenvalue weighted by Crippen LogP contribution is 2.29. The molecule has 0 saturated carbocycles. The highest BCUT2D eigenvalue weighted by atomic mass is 35.5. The molecule has 1 fully saturated rings. The standard InChI is InChI=1S/C18H18N4O.ClH/c23-18(21-14-6-7-17-13(8-14)9-20-22-17)16-11-19-10-15(16)12-4-2-1-3-5-12;/h1-9,15-16,19H,10-11H2,(H,20,22)(H,21,23);1H. The van der Waals surface area contributed by atoms with Gasteiger partial charge in [0.2, 0.25) is 5.91 Å². The first-order valence-electron chi connectivity index (χ1n) is 7.81. The van der Waals surface area contributed by atoms with E-state index in [-0.39, 0.29) is 30.2 Å². The number of amides is 1. The number of rotatable bonds is 3. The van der Waals surface area contributed by atoms with Crippen molar-refractivity contribution < 1.29 is 4.79 Å². The molecule has 124 valence electrons. The fourth-order valence-electron chi connectivity index (χ4n) is 3.26. The van der Waals surface area contributed by atoms with Crippen LogP contribution in [0.4, 0.5) is 5.69 Å². The molecule has 3 N–H and O–H groups in total. The lowest BCUT2D eigenvalue weighted by atomic mass is 9.88. The first kappa shape index (κ1) is 16.5. The van der Waals surface area contributed by atoms with E-state index in [0.29, 0.717) is 6.54 Å². The summed E-state index contributed by atoms with van der Waals surface area (Å²) in [4.78, 5) is 12.7. The lowest BCUT2D eigenvalue weighted by molar-refractivity contribution is -0.119. The van der Waals surface area contributed by atoms with Gasteiger partial charge in [-0.1, -0.05) is 30.3 Å². The number of fused-ring (bicyclic) bond motifs is 1. The monoisotopic (exact) mass is 342 g/mol. The van der Waals surface area contributed by atoms with E-state index in [1.807, 2.05) is 36.4 Å². The highest BCUT2D eigenvalue weighted by molar-refractivity contribution is 5.95. The number of nitrogens with one attached hydrogen (secondary N) is 3.